The molecule has 0 aliphatic heterocycles. The molecular weight excluding hydrogens is 278 g/mol. The minimum absolute atomic E-state index is 0.0103. The number of hydrogen-bond acceptors (Lipinski definition) is 3. The first-order valence-electron chi connectivity index (χ1n) is 7.61. The van der Waals surface area contributed by atoms with E-state index in [1.165, 1.54) is 6.08 Å². The van der Waals surface area contributed by atoms with Crippen LogP contribution in [-0.4, -0.2) is 29.8 Å². The Kier molecular flexibility index (Phi) is 5.78. The molecule has 4 heteroatoms. The number of aliphatic hydroxyl groups is 1. The maximum absolute atomic E-state index is 11.9. The highest BCUT2D eigenvalue weighted by atomic mass is 16.5. The van der Waals surface area contributed by atoms with E-state index in [2.05, 4.69) is 5.32 Å². The van der Waals surface area contributed by atoms with Gasteiger partial charge in [-0.15, -0.1) is 0 Å². The molecule has 0 saturated heterocycles. The molecule has 1 amide bonds. The normalized spacial score (nSPS) is 20.7. The second-order valence-electron chi connectivity index (χ2n) is 5.75. The van der Waals surface area contributed by atoms with Crippen molar-refractivity contribution >= 4 is 12.0 Å². The van der Waals surface area contributed by atoms with E-state index in [-0.39, 0.29) is 30.6 Å². The second kappa shape index (κ2) is 7.80. The van der Waals surface area contributed by atoms with Gasteiger partial charge in [-0.05, 0) is 44.0 Å². The minimum Gasteiger partial charge on any atom is -0.491 e. The predicted molar refractivity (Wildman–Crippen MR) is 87.5 cm³/mol. The molecule has 0 saturated carbocycles. The van der Waals surface area contributed by atoms with Gasteiger partial charge in [0.25, 0.3) is 0 Å². The van der Waals surface area contributed by atoms with E-state index >= 15 is 0 Å². The van der Waals surface area contributed by atoms with Crippen LogP contribution in [0.25, 0.3) is 6.08 Å². The van der Waals surface area contributed by atoms with Gasteiger partial charge in [-0.2, -0.15) is 0 Å². The van der Waals surface area contributed by atoms with Crippen LogP contribution in [0.1, 0.15) is 25.8 Å². The van der Waals surface area contributed by atoms with Crippen LogP contribution < -0.4 is 10.1 Å². The molecule has 0 heterocycles. The second-order valence-corrected chi connectivity index (χ2v) is 5.75. The summed E-state index contributed by atoms with van der Waals surface area (Å²) in [6, 6.07) is 7.63. The Morgan fingerprint density at radius 1 is 1.36 bits per heavy atom. The van der Waals surface area contributed by atoms with E-state index in [1.54, 1.807) is 6.08 Å². The van der Waals surface area contributed by atoms with Gasteiger partial charge in [0.2, 0.25) is 5.91 Å². The highest BCUT2D eigenvalue weighted by Gasteiger charge is 2.18. The number of aliphatic hydroxyl groups excluding tert-OH is 1. The molecule has 0 aromatic heterocycles. The molecule has 118 valence electrons. The molecule has 2 rings (SSSR count). The van der Waals surface area contributed by atoms with Crippen molar-refractivity contribution in [3.8, 4) is 5.75 Å². The zero-order valence-corrected chi connectivity index (χ0v) is 13.0. The van der Waals surface area contributed by atoms with Crippen molar-refractivity contribution in [2.45, 2.75) is 32.4 Å². The number of ether oxygens (including phenoxy) is 1. The summed E-state index contributed by atoms with van der Waals surface area (Å²) < 4.78 is 5.57. The molecule has 1 aromatic carbocycles. The van der Waals surface area contributed by atoms with Crippen LogP contribution in [0.4, 0.5) is 0 Å². The molecule has 0 radical (unpaired) electrons. The summed E-state index contributed by atoms with van der Waals surface area (Å²) in [6.07, 6.45) is 8.09. The first-order valence-corrected chi connectivity index (χ1v) is 7.61. The summed E-state index contributed by atoms with van der Waals surface area (Å²) >= 11 is 0. The summed E-state index contributed by atoms with van der Waals surface area (Å²) in [5, 5.41) is 12.0. The van der Waals surface area contributed by atoms with Crippen molar-refractivity contribution in [2.75, 3.05) is 6.61 Å². The van der Waals surface area contributed by atoms with Crippen molar-refractivity contribution < 1.29 is 14.6 Å². The van der Waals surface area contributed by atoms with E-state index < -0.39 is 0 Å². The highest BCUT2D eigenvalue weighted by Crippen LogP contribution is 2.17. The summed E-state index contributed by atoms with van der Waals surface area (Å²) in [7, 11) is 0. The van der Waals surface area contributed by atoms with Gasteiger partial charge in [0.05, 0.1) is 6.10 Å². The van der Waals surface area contributed by atoms with Crippen molar-refractivity contribution in [1.29, 1.82) is 0 Å². The lowest BCUT2D eigenvalue weighted by Gasteiger charge is -2.11. The van der Waals surface area contributed by atoms with Gasteiger partial charge in [0.1, 0.15) is 5.75 Å². The summed E-state index contributed by atoms with van der Waals surface area (Å²) in [5.74, 6) is 0.848. The van der Waals surface area contributed by atoms with Gasteiger partial charge in [-0.3, -0.25) is 4.79 Å². The lowest BCUT2D eigenvalue weighted by molar-refractivity contribution is -0.116. The minimum atomic E-state index is -0.129. The number of rotatable bonds is 6. The Balaban J connectivity index is 1.83. The van der Waals surface area contributed by atoms with Gasteiger partial charge in [-0.25, -0.2) is 0 Å². The first kappa shape index (κ1) is 16.3. The molecule has 0 spiro atoms. The molecule has 22 heavy (non-hydrogen) atoms. The third kappa shape index (κ3) is 5.04. The van der Waals surface area contributed by atoms with Crippen molar-refractivity contribution in [3.05, 3.63) is 48.1 Å². The van der Waals surface area contributed by atoms with Crippen LogP contribution in [0, 0.1) is 5.92 Å². The lowest BCUT2D eigenvalue weighted by Crippen LogP contribution is -2.31. The van der Waals surface area contributed by atoms with Crippen LogP contribution in [0.5, 0.6) is 5.75 Å². The van der Waals surface area contributed by atoms with E-state index in [4.69, 9.17) is 9.84 Å². The maximum Gasteiger partial charge on any atom is 0.244 e. The Morgan fingerprint density at radius 2 is 2.09 bits per heavy atom. The molecule has 0 fully saturated rings. The predicted octanol–water partition coefficient (Wildman–Crippen LogP) is 2.54. The highest BCUT2D eigenvalue weighted by molar-refractivity contribution is 5.92. The van der Waals surface area contributed by atoms with Crippen LogP contribution >= 0.6 is 0 Å². The lowest BCUT2D eigenvalue weighted by atomic mass is 10.1. The fourth-order valence-electron chi connectivity index (χ4n) is 2.35. The molecule has 1 aliphatic rings. The van der Waals surface area contributed by atoms with Crippen LogP contribution in [-0.2, 0) is 4.79 Å². The average molecular weight is 301 g/mol. The number of carbonyl (C=O) groups is 1. The van der Waals surface area contributed by atoms with Crippen molar-refractivity contribution in [2.24, 2.45) is 5.92 Å². The van der Waals surface area contributed by atoms with Gasteiger partial charge in [0.15, 0.2) is 0 Å². The van der Waals surface area contributed by atoms with Crippen LogP contribution in [0.15, 0.2) is 42.5 Å². The van der Waals surface area contributed by atoms with Crippen LogP contribution in [0.3, 0.4) is 0 Å². The smallest absolute Gasteiger partial charge is 0.244 e. The summed E-state index contributed by atoms with van der Waals surface area (Å²) in [4.78, 5) is 11.9. The zero-order valence-electron chi connectivity index (χ0n) is 13.0. The van der Waals surface area contributed by atoms with Crippen molar-refractivity contribution in [1.82, 2.24) is 5.32 Å². The third-order valence-electron chi connectivity index (χ3n) is 3.41. The standard InChI is InChI=1S/C18H23NO3/c1-13(2)22-17-8-4-14(5-9-17)6-10-18(21)19-16-7-3-15(11-16)12-20/h3-10,13,15-16,20H,11-12H2,1-2H3,(H,19,21)/b10-6+/t15-,16+/m0/s1. The molecule has 1 aromatic rings. The first-order chi connectivity index (χ1) is 10.6. The Bertz CT molecular complexity index is 546. The number of carbonyl (C=O) groups excluding carboxylic acids is 1. The van der Waals surface area contributed by atoms with E-state index in [9.17, 15) is 4.79 Å². The quantitative estimate of drug-likeness (QED) is 0.627. The maximum atomic E-state index is 11.9. The van der Waals surface area contributed by atoms with Gasteiger partial charge in [0, 0.05) is 24.6 Å². The Hall–Kier alpha value is -2.07. The molecule has 1 aliphatic carbocycles. The zero-order chi connectivity index (χ0) is 15.9. The number of nitrogens with one attached hydrogen (secondary N) is 1. The van der Waals surface area contributed by atoms with Crippen molar-refractivity contribution in [3.63, 3.8) is 0 Å². The Labute approximate surface area is 131 Å². The van der Waals surface area contributed by atoms with Gasteiger partial charge < -0.3 is 15.2 Å². The molecule has 0 unspecified atom stereocenters. The fraction of sp³-hybridized carbons (Fsp3) is 0.389. The van der Waals surface area contributed by atoms with E-state index in [1.807, 2.05) is 50.3 Å². The van der Waals surface area contributed by atoms with Gasteiger partial charge in [-0.1, -0.05) is 24.3 Å². The third-order valence-corrected chi connectivity index (χ3v) is 3.41. The number of benzene rings is 1. The monoisotopic (exact) mass is 301 g/mol. The molecule has 0 bridgehead atoms. The molecule has 2 N–H and O–H groups in total. The van der Waals surface area contributed by atoms with Gasteiger partial charge >= 0.3 is 0 Å². The molecular formula is C18H23NO3. The molecule has 4 nitrogen and oxygen atoms in total. The topological polar surface area (TPSA) is 58.6 Å². The van der Waals surface area contributed by atoms with Crippen LogP contribution in [0.2, 0.25) is 0 Å². The number of hydrogen-bond donors (Lipinski definition) is 2. The number of amides is 1. The molecule has 2 atom stereocenters. The largest absolute Gasteiger partial charge is 0.491 e. The summed E-state index contributed by atoms with van der Waals surface area (Å²) in [6.45, 7) is 4.09. The van der Waals surface area contributed by atoms with E-state index in [0.29, 0.717) is 0 Å². The fourth-order valence-corrected chi connectivity index (χ4v) is 2.35. The summed E-state index contributed by atoms with van der Waals surface area (Å²) in [5.41, 5.74) is 0.946. The average Bonchev–Trinajstić information content (AvgIpc) is 2.93. The van der Waals surface area contributed by atoms with E-state index in [0.717, 1.165) is 17.7 Å². The SMILES string of the molecule is CC(C)Oc1ccc(/C=C/C(=O)N[C@@H]2C=C[C@H](CO)C2)cc1. The Morgan fingerprint density at radius 3 is 2.68 bits per heavy atom.